The van der Waals surface area contributed by atoms with Crippen molar-refractivity contribution < 1.29 is 4.84 Å². The molecule has 70 valence electrons. The van der Waals surface area contributed by atoms with Crippen LogP contribution >= 0.6 is 0 Å². The van der Waals surface area contributed by atoms with Gasteiger partial charge in [-0.25, -0.2) is 0 Å². The quantitative estimate of drug-likeness (QED) is 0.470. The van der Waals surface area contributed by atoms with Crippen LogP contribution in [-0.2, 0) is 4.84 Å². The van der Waals surface area contributed by atoms with Crippen LogP contribution in [0.3, 0.4) is 0 Å². The lowest BCUT2D eigenvalue weighted by molar-refractivity contribution is 0.110. The van der Waals surface area contributed by atoms with Gasteiger partial charge in [0.05, 0.1) is 0 Å². The smallest absolute Gasteiger partial charge is 0.121 e. The van der Waals surface area contributed by atoms with Gasteiger partial charge in [0, 0.05) is 18.7 Å². The summed E-state index contributed by atoms with van der Waals surface area (Å²) < 4.78 is 0. The molecule has 0 saturated carbocycles. The molecule has 1 rings (SSSR count). The highest BCUT2D eigenvalue weighted by Gasteiger charge is 2.21. The van der Waals surface area contributed by atoms with E-state index in [0.29, 0.717) is 5.92 Å². The SMILES string of the molecule is CC=NOCC1CCN(CC)C1. The van der Waals surface area contributed by atoms with Crippen LogP contribution in [0.15, 0.2) is 5.16 Å². The molecular formula is C9H18N2O. The minimum Gasteiger partial charge on any atom is -0.396 e. The van der Waals surface area contributed by atoms with Crippen LogP contribution in [0.25, 0.3) is 0 Å². The molecule has 0 aromatic carbocycles. The molecule has 3 nitrogen and oxygen atoms in total. The van der Waals surface area contributed by atoms with E-state index in [-0.39, 0.29) is 0 Å². The lowest BCUT2D eigenvalue weighted by Crippen LogP contribution is -2.20. The molecule has 0 radical (unpaired) electrons. The summed E-state index contributed by atoms with van der Waals surface area (Å²) in [6, 6.07) is 0. The summed E-state index contributed by atoms with van der Waals surface area (Å²) in [7, 11) is 0. The molecule has 0 aromatic heterocycles. The fraction of sp³-hybridized carbons (Fsp3) is 0.889. The largest absolute Gasteiger partial charge is 0.396 e. The maximum atomic E-state index is 5.10. The second-order valence-electron chi connectivity index (χ2n) is 3.21. The van der Waals surface area contributed by atoms with Crippen molar-refractivity contribution in [1.29, 1.82) is 0 Å². The Morgan fingerprint density at radius 2 is 2.50 bits per heavy atom. The summed E-state index contributed by atoms with van der Waals surface area (Å²) in [5.74, 6) is 0.689. The summed E-state index contributed by atoms with van der Waals surface area (Å²) in [5.41, 5.74) is 0. The molecule has 0 aromatic rings. The third-order valence-electron chi connectivity index (χ3n) is 2.31. The summed E-state index contributed by atoms with van der Waals surface area (Å²) >= 11 is 0. The van der Waals surface area contributed by atoms with Crippen LogP contribution in [0.1, 0.15) is 20.3 Å². The molecule has 1 fully saturated rings. The Balaban J connectivity index is 2.10. The van der Waals surface area contributed by atoms with Gasteiger partial charge in [-0.05, 0) is 26.4 Å². The molecule has 0 amide bonds. The van der Waals surface area contributed by atoms with E-state index in [9.17, 15) is 0 Å². The van der Waals surface area contributed by atoms with Crippen LogP contribution in [0.5, 0.6) is 0 Å². The molecule has 0 N–H and O–H groups in total. The highest BCUT2D eigenvalue weighted by molar-refractivity contribution is 5.52. The van der Waals surface area contributed by atoms with E-state index in [4.69, 9.17) is 4.84 Å². The highest BCUT2D eigenvalue weighted by Crippen LogP contribution is 2.15. The Morgan fingerprint density at radius 1 is 1.67 bits per heavy atom. The van der Waals surface area contributed by atoms with E-state index in [0.717, 1.165) is 13.2 Å². The zero-order valence-corrected chi connectivity index (χ0v) is 7.99. The molecule has 0 aliphatic carbocycles. The minimum atomic E-state index is 0.689. The van der Waals surface area contributed by atoms with Crippen molar-refractivity contribution in [2.24, 2.45) is 11.1 Å². The molecule has 0 bridgehead atoms. The molecule has 1 saturated heterocycles. The third-order valence-corrected chi connectivity index (χ3v) is 2.31. The van der Waals surface area contributed by atoms with Crippen molar-refractivity contribution in [3.8, 4) is 0 Å². The molecule has 3 heteroatoms. The number of nitrogens with zero attached hydrogens (tertiary/aromatic N) is 2. The Hall–Kier alpha value is -0.570. The molecule has 12 heavy (non-hydrogen) atoms. The summed E-state index contributed by atoms with van der Waals surface area (Å²) in [4.78, 5) is 7.55. The highest BCUT2D eigenvalue weighted by atomic mass is 16.6. The van der Waals surface area contributed by atoms with Crippen molar-refractivity contribution in [3.05, 3.63) is 0 Å². The Bertz CT molecular complexity index is 147. The Labute approximate surface area is 74.4 Å². The summed E-state index contributed by atoms with van der Waals surface area (Å²) in [6.45, 7) is 8.41. The van der Waals surface area contributed by atoms with Gasteiger partial charge in [0.1, 0.15) is 6.61 Å². The average molecular weight is 170 g/mol. The van der Waals surface area contributed by atoms with E-state index < -0.39 is 0 Å². The van der Waals surface area contributed by atoms with Crippen LogP contribution in [0.2, 0.25) is 0 Å². The fourth-order valence-corrected chi connectivity index (χ4v) is 1.56. The number of hydrogen-bond acceptors (Lipinski definition) is 3. The second kappa shape index (κ2) is 5.14. The van der Waals surface area contributed by atoms with Gasteiger partial charge in [-0.15, -0.1) is 0 Å². The Kier molecular flexibility index (Phi) is 4.08. The van der Waals surface area contributed by atoms with Crippen LogP contribution < -0.4 is 0 Å². The second-order valence-corrected chi connectivity index (χ2v) is 3.21. The zero-order valence-electron chi connectivity index (χ0n) is 7.99. The van der Waals surface area contributed by atoms with Crippen molar-refractivity contribution in [1.82, 2.24) is 4.90 Å². The van der Waals surface area contributed by atoms with Gasteiger partial charge < -0.3 is 9.74 Å². The normalized spacial score (nSPS) is 25.3. The van der Waals surface area contributed by atoms with E-state index >= 15 is 0 Å². The zero-order chi connectivity index (χ0) is 8.81. The molecule has 1 unspecified atom stereocenters. The average Bonchev–Trinajstić information content (AvgIpc) is 2.53. The first kappa shape index (κ1) is 9.52. The topological polar surface area (TPSA) is 24.8 Å². The van der Waals surface area contributed by atoms with E-state index in [1.54, 1.807) is 6.21 Å². The lowest BCUT2D eigenvalue weighted by Gasteiger charge is -2.11. The van der Waals surface area contributed by atoms with Crippen molar-refractivity contribution >= 4 is 6.21 Å². The van der Waals surface area contributed by atoms with Crippen LogP contribution in [0.4, 0.5) is 0 Å². The van der Waals surface area contributed by atoms with Gasteiger partial charge >= 0.3 is 0 Å². The third kappa shape index (κ3) is 2.81. The van der Waals surface area contributed by atoms with Crippen molar-refractivity contribution in [2.75, 3.05) is 26.2 Å². The first-order chi connectivity index (χ1) is 5.86. The fourth-order valence-electron chi connectivity index (χ4n) is 1.56. The van der Waals surface area contributed by atoms with Gasteiger partial charge in [0.2, 0.25) is 0 Å². The first-order valence-corrected chi connectivity index (χ1v) is 4.69. The van der Waals surface area contributed by atoms with Gasteiger partial charge in [-0.2, -0.15) is 0 Å². The number of hydrogen-bond donors (Lipinski definition) is 0. The van der Waals surface area contributed by atoms with Gasteiger partial charge in [0.25, 0.3) is 0 Å². The maximum Gasteiger partial charge on any atom is 0.121 e. The molecule has 1 aliphatic rings. The Morgan fingerprint density at radius 3 is 3.08 bits per heavy atom. The van der Waals surface area contributed by atoms with Crippen LogP contribution in [-0.4, -0.2) is 37.4 Å². The van der Waals surface area contributed by atoms with E-state index in [2.05, 4.69) is 17.0 Å². The summed E-state index contributed by atoms with van der Waals surface area (Å²) in [6.07, 6.45) is 2.94. The summed E-state index contributed by atoms with van der Waals surface area (Å²) in [5, 5.41) is 3.74. The number of likely N-dealkylation sites (tertiary alicyclic amines) is 1. The number of oxime groups is 1. The van der Waals surface area contributed by atoms with Gasteiger partial charge in [-0.1, -0.05) is 12.1 Å². The standard InChI is InChI=1S/C9H18N2O/c1-3-10-12-8-9-5-6-11(4-2)7-9/h3,9H,4-8H2,1-2H3. The molecule has 1 atom stereocenters. The molecular weight excluding hydrogens is 152 g/mol. The van der Waals surface area contributed by atoms with E-state index in [1.165, 1.54) is 19.5 Å². The molecule has 1 heterocycles. The van der Waals surface area contributed by atoms with Crippen molar-refractivity contribution in [2.45, 2.75) is 20.3 Å². The minimum absolute atomic E-state index is 0.689. The van der Waals surface area contributed by atoms with Crippen molar-refractivity contribution in [3.63, 3.8) is 0 Å². The van der Waals surface area contributed by atoms with Crippen LogP contribution in [0, 0.1) is 5.92 Å². The first-order valence-electron chi connectivity index (χ1n) is 4.69. The number of rotatable bonds is 4. The predicted octanol–water partition coefficient (Wildman–Crippen LogP) is 1.35. The monoisotopic (exact) mass is 170 g/mol. The predicted molar refractivity (Wildman–Crippen MR) is 50.3 cm³/mol. The van der Waals surface area contributed by atoms with Gasteiger partial charge in [0.15, 0.2) is 0 Å². The van der Waals surface area contributed by atoms with E-state index in [1.807, 2.05) is 6.92 Å². The molecule has 0 spiro atoms. The lowest BCUT2D eigenvalue weighted by atomic mass is 10.1. The maximum absolute atomic E-state index is 5.10. The molecule has 1 aliphatic heterocycles. The van der Waals surface area contributed by atoms with Gasteiger partial charge in [-0.3, -0.25) is 0 Å².